The van der Waals surface area contributed by atoms with Gasteiger partial charge in [0, 0.05) is 0 Å². The molecule has 0 radical (unpaired) electrons. The minimum Gasteiger partial charge on any atom is -0.100 e. The van der Waals surface area contributed by atoms with Crippen molar-refractivity contribution in [2.75, 3.05) is 0 Å². The van der Waals surface area contributed by atoms with Crippen molar-refractivity contribution in [1.82, 2.24) is 0 Å². The van der Waals surface area contributed by atoms with E-state index in [9.17, 15) is 0 Å². The fourth-order valence-electron chi connectivity index (χ4n) is 1.73. The molecule has 14 heavy (non-hydrogen) atoms. The smallest absolute Gasteiger partial charge is 0.0323 e. The van der Waals surface area contributed by atoms with Gasteiger partial charge in [0.25, 0.3) is 0 Å². The zero-order chi connectivity index (χ0) is 10.8. The van der Waals surface area contributed by atoms with E-state index in [0.29, 0.717) is 0 Å². The van der Waals surface area contributed by atoms with Crippen LogP contribution in [0.1, 0.15) is 72.1 Å². The summed E-state index contributed by atoms with van der Waals surface area (Å²) in [5.74, 6) is 0.897. The Labute approximate surface area is 90.8 Å². The molecule has 0 nitrogen and oxygen atoms in total. The fourth-order valence-corrected chi connectivity index (χ4v) is 1.73. The zero-order valence-electron chi connectivity index (χ0n) is 10.4. The largest absolute Gasteiger partial charge is 0.100 e. The van der Waals surface area contributed by atoms with Crippen molar-refractivity contribution in [2.24, 2.45) is 5.92 Å². The summed E-state index contributed by atoms with van der Waals surface area (Å²) in [5.41, 5.74) is 1.34. The molecular formula is C14H28. The van der Waals surface area contributed by atoms with Crippen molar-refractivity contribution < 1.29 is 0 Å². The van der Waals surface area contributed by atoms with Gasteiger partial charge in [0.05, 0.1) is 0 Å². The molecule has 84 valence electrons. The molecule has 0 aliphatic carbocycles. The summed E-state index contributed by atoms with van der Waals surface area (Å²) < 4.78 is 0. The van der Waals surface area contributed by atoms with E-state index in [1.165, 1.54) is 56.9 Å². The summed E-state index contributed by atoms with van der Waals surface area (Å²) in [6.45, 7) is 10.7. The molecular weight excluding hydrogens is 168 g/mol. The average Bonchev–Trinajstić information content (AvgIpc) is 2.14. The molecule has 0 aromatic heterocycles. The van der Waals surface area contributed by atoms with Gasteiger partial charge in [-0.3, -0.25) is 0 Å². The van der Waals surface area contributed by atoms with Crippen LogP contribution >= 0.6 is 0 Å². The van der Waals surface area contributed by atoms with E-state index >= 15 is 0 Å². The molecule has 0 spiro atoms. The number of allylic oxidation sites excluding steroid dienone is 1. The summed E-state index contributed by atoms with van der Waals surface area (Å²) in [7, 11) is 0. The number of rotatable bonds is 9. The standard InChI is InChI=1S/C14H28/c1-5-6-7-8-9-10-14(4)12-11-13(2)3/h14H,2,5-12H2,1,3-4H3. The van der Waals surface area contributed by atoms with E-state index in [1.807, 2.05) is 0 Å². The third kappa shape index (κ3) is 9.83. The topological polar surface area (TPSA) is 0 Å². The molecule has 0 rings (SSSR count). The Balaban J connectivity index is 3.18. The molecule has 0 bridgehead atoms. The van der Waals surface area contributed by atoms with Crippen LogP contribution in [-0.4, -0.2) is 0 Å². The van der Waals surface area contributed by atoms with Crippen LogP contribution in [0.15, 0.2) is 12.2 Å². The number of hydrogen-bond donors (Lipinski definition) is 0. The molecule has 0 saturated heterocycles. The van der Waals surface area contributed by atoms with Crippen molar-refractivity contribution in [3.05, 3.63) is 12.2 Å². The first-order valence-corrected chi connectivity index (χ1v) is 6.31. The highest BCUT2D eigenvalue weighted by Crippen LogP contribution is 2.17. The zero-order valence-corrected chi connectivity index (χ0v) is 10.4. The normalized spacial score (nSPS) is 12.8. The third-order valence-corrected chi connectivity index (χ3v) is 2.86. The van der Waals surface area contributed by atoms with Gasteiger partial charge in [-0.05, 0) is 25.7 Å². The lowest BCUT2D eigenvalue weighted by Crippen LogP contribution is -1.95. The van der Waals surface area contributed by atoms with Crippen LogP contribution in [0.2, 0.25) is 0 Å². The van der Waals surface area contributed by atoms with E-state index in [-0.39, 0.29) is 0 Å². The maximum absolute atomic E-state index is 3.95. The predicted molar refractivity (Wildman–Crippen MR) is 66.6 cm³/mol. The molecule has 0 aromatic rings. The Kier molecular flexibility index (Phi) is 9.13. The maximum Gasteiger partial charge on any atom is -0.0323 e. The van der Waals surface area contributed by atoms with E-state index < -0.39 is 0 Å². The Hall–Kier alpha value is -0.260. The maximum atomic E-state index is 3.95. The fraction of sp³-hybridized carbons (Fsp3) is 0.857. The van der Waals surface area contributed by atoms with Crippen molar-refractivity contribution in [3.8, 4) is 0 Å². The van der Waals surface area contributed by atoms with Crippen molar-refractivity contribution in [2.45, 2.75) is 72.1 Å². The minimum atomic E-state index is 0.897. The lowest BCUT2D eigenvalue weighted by Gasteiger charge is -2.10. The second kappa shape index (κ2) is 9.30. The van der Waals surface area contributed by atoms with Crippen LogP contribution in [-0.2, 0) is 0 Å². The van der Waals surface area contributed by atoms with Crippen LogP contribution in [0.3, 0.4) is 0 Å². The number of unbranched alkanes of at least 4 members (excludes halogenated alkanes) is 4. The Morgan fingerprint density at radius 3 is 2.29 bits per heavy atom. The second-order valence-electron chi connectivity index (χ2n) is 4.80. The van der Waals surface area contributed by atoms with Gasteiger partial charge in [-0.1, -0.05) is 57.9 Å². The van der Waals surface area contributed by atoms with Crippen LogP contribution in [0, 0.1) is 5.92 Å². The highest BCUT2D eigenvalue weighted by molar-refractivity contribution is 4.87. The molecule has 0 heterocycles. The first kappa shape index (κ1) is 13.7. The average molecular weight is 196 g/mol. The minimum absolute atomic E-state index is 0.897. The summed E-state index contributed by atoms with van der Waals surface area (Å²) >= 11 is 0. The van der Waals surface area contributed by atoms with Gasteiger partial charge < -0.3 is 0 Å². The molecule has 0 aliphatic rings. The molecule has 0 saturated carbocycles. The summed E-state index contributed by atoms with van der Waals surface area (Å²) in [6, 6.07) is 0. The van der Waals surface area contributed by atoms with Gasteiger partial charge in [0.1, 0.15) is 0 Å². The monoisotopic (exact) mass is 196 g/mol. The second-order valence-corrected chi connectivity index (χ2v) is 4.80. The van der Waals surface area contributed by atoms with Crippen LogP contribution in [0.5, 0.6) is 0 Å². The highest BCUT2D eigenvalue weighted by Gasteiger charge is 2.01. The molecule has 1 unspecified atom stereocenters. The van der Waals surface area contributed by atoms with E-state index in [4.69, 9.17) is 0 Å². The lowest BCUT2D eigenvalue weighted by molar-refractivity contribution is 0.457. The van der Waals surface area contributed by atoms with Gasteiger partial charge in [-0.25, -0.2) is 0 Å². The highest BCUT2D eigenvalue weighted by atomic mass is 14.1. The van der Waals surface area contributed by atoms with E-state index in [2.05, 4.69) is 27.4 Å². The van der Waals surface area contributed by atoms with Crippen molar-refractivity contribution in [1.29, 1.82) is 0 Å². The summed E-state index contributed by atoms with van der Waals surface area (Å²) in [6.07, 6.45) is 11.0. The lowest BCUT2D eigenvalue weighted by atomic mass is 9.96. The molecule has 0 amide bonds. The van der Waals surface area contributed by atoms with Crippen LogP contribution in [0.25, 0.3) is 0 Å². The Bertz CT molecular complexity index is 135. The first-order valence-electron chi connectivity index (χ1n) is 6.31. The molecule has 0 fully saturated rings. The Morgan fingerprint density at radius 2 is 1.71 bits per heavy atom. The van der Waals surface area contributed by atoms with Gasteiger partial charge in [-0.15, -0.1) is 6.58 Å². The predicted octanol–water partition coefficient (Wildman–Crippen LogP) is 5.34. The molecule has 0 aromatic carbocycles. The van der Waals surface area contributed by atoms with Gasteiger partial charge in [0.2, 0.25) is 0 Å². The molecule has 0 heteroatoms. The first-order chi connectivity index (χ1) is 6.66. The van der Waals surface area contributed by atoms with Gasteiger partial charge in [0.15, 0.2) is 0 Å². The number of hydrogen-bond acceptors (Lipinski definition) is 0. The van der Waals surface area contributed by atoms with Crippen molar-refractivity contribution in [3.63, 3.8) is 0 Å². The molecule has 0 aliphatic heterocycles. The Morgan fingerprint density at radius 1 is 1.07 bits per heavy atom. The third-order valence-electron chi connectivity index (χ3n) is 2.86. The van der Waals surface area contributed by atoms with E-state index in [1.54, 1.807) is 0 Å². The molecule has 0 N–H and O–H groups in total. The van der Waals surface area contributed by atoms with Gasteiger partial charge >= 0.3 is 0 Å². The van der Waals surface area contributed by atoms with Gasteiger partial charge in [-0.2, -0.15) is 0 Å². The van der Waals surface area contributed by atoms with Crippen LogP contribution in [0.4, 0.5) is 0 Å². The van der Waals surface area contributed by atoms with Crippen molar-refractivity contribution >= 4 is 0 Å². The van der Waals surface area contributed by atoms with Crippen LogP contribution < -0.4 is 0 Å². The van der Waals surface area contributed by atoms with E-state index in [0.717, 1.165) is 5.92 Å². The summed E-state index contributed by atoms with van der Waals surface area (Å²) in [5, 5.41) is 0. The quantitative estimate of drug-likeness (QED) is 0.345. The summed E-state index contributed by atoms with van der Waals surface area (Å²) in [4.78, 5) is 0. The SMILES string of the molecule is C=C(C)CCC(C)CCCCCCC. The molecule has 1 atom stereocenters.